The van der Waals surface area contributed by atoms with Gasteiger partial charge in [0, 0.05) is 6.61 Å². The van der Waals surface area contributed by atoms with Gasteiger partial charge in [0.15, 0.2) is 17.8 Å². The molecule has 0 aliphatic carbocycles. The number of fused-ring (bicyclic) bond motifs is 1. The minimum Gasteiger partial charge on any atom is -0.382 e. The van der Waals surface area contributed by atoms with Crippen LogP contribution in [0.5, 0.6) is 0 Å². The Morgan fingerprint density at radius 2 is 2.15 bits per heavy atom. The maximum Gasteiger partial charge on any atom is 0.165 e. The van der Waals surface area contributed by atoms with E-state index in [0.29, 0.717) is 11.3 Å². The fourth-order valence-electron chi connectivity index (χ4n) is 3.64. The number of imidazole rings is 1. The Morgan fingerprint density at radius 1 is 1.27 bits per heavy atom. The Morgan fingerprint density at radius 3 is 2.92 bits per heavy atom. The highest BCUT2D eigenvalue weighted by Gasteiger charge is 2.26. The standard InChI is InChI=1S/C19H31N5O2/c1-3-4-5-6-9-15(14(2)26-16-10-7-8-11-25-16)24-13-23-17-18(20)21-12-22-19(17)24/h12-16H,3-11H2,1-2H3,(H2,20,21,22)/t14-,15+,16?/m1/s1. The van der Waals surface area contributed by atoms with E-state index in [4.69, 9.17) is 15.2 Å². The van der Waals surface area contributed by atoms with Crippen LogP contribution >= 0.6 is 0 Å². The van der Waals surface area contributed by atoms with Crippen LogP contribution in [0.1, 0.15) is 71.3 Å². The number of anilines is 1. The van der Waals surface area contributed by atoms with Gasteiger partial charge in [0.05, 0.1) is 18.5 Å². The highest BCUT2D eigenvalue weighted by atomic mass is 16.7. The van der Waals surface area contributed by atoms with Gasteiger partial charge < -0.3 is 19.8 Å². The van der Waals surface area contributed by atoms with E-state index < -0.39 is 0 Å². The molecule has 0 saturated carbocycles. The molecule has 0 spiro atoms. The van der Waals surface area contributed by atoms with Gasteiger partial charge in [-0.2, -0.15) is 0 Å². The van der Waals surface area contributed by atoms with Crippen molar-refractivity contribution in [1.29, 1.82) is 0 Å². The van der Waals surface area contributed by atoms with E-state index in [-0.39, 0.29) is 18.4 Å². The Kier molecular flexibility index (Phi) is 6.80. The van der Waals surface area contributed by atoms with Crippen molar-refractivity contribution in [3.63, 3.8) is 0 Å². The summed E-state index contributed by atoms with van der Waals surface area (Å²) in [6.07, 6.45) is 12.4. The van der Waals surface area contributed by atoms with Gasteiger partial charge in [-0.25, -0.2) is 15.0 Å². The summed E-state index contributed by atoms with van der Waals surface area (Å²) >= 11 is 0. The van der Waals surface area contributed by atoms with Gasteiger partial charge in [0.25, 0.3) is 0 Å². The van der Waals surface area contributed by atoms with Crippen LogP contribution in [0.15, 0.2) is 12.7 Å². The summed E-state index contributed by atoms with van der Waals surface area (Å²) in [5, 5.41) is 0. The lowest BCUT2D eigenvalue weighted by Crippen LogP contribution is -2.32. The number of hydrogen-bond donors (Lipinski definition) is 1. The molecule has 1 aliphatic rings. The largest absolute Gasteiger partial charge is 0.382 e. The van der Waals surface area contributed by atoms with Crippen LogP contribution in [0.2, 0.25) is 0 Å². The van der Waals surface area contributed by atoms with Crippen molar-refractivity contribution >= 4 is 17.0 Å². The lowest BCUT2D eigenvalue weighted by molar-refractivity contribution is -0.192. The molecule has 0 amide bonds. The molecule has 1 saturated heterocycles. The first kappa shape index (κ1) is 19.0. The molecule has 0 radical (unpaired) electrons. The summed E-state index contributed by atoms with van der Waals surface area (Å²) in [4.78, 5) is 12.9. The average Bonchev–Trinajstić information content (AvgIpc) is 3.08. The smallest absolute Gasteiger partial charge is 0.165 e. The molecule has 0 bridgehead atoms. The van der Waals surface area contributed by atoms with E-state index in [1.807, 2.05) is 6.33 Å². The molecule has 7 nitrogen and oxygen atoms in total. The fourth-order valence-corrected chi connectivity index (χ4v) is 3.64. The zero-order valence-corrected chi connectivity index (χ0v) is 15.9. The van der Waals surface area contributed by atoms with Crippen LogP contribution in [0.3, 0.4) is 0 Å². The molecule has 3 rings (SSSR count). The van der Waals surface area contributed by atoms with Gasteiger partial charge in [-0.3, -0.25) is 0 Å². The highest BCUT2D eigenvalue weighted by Crippen LogP contribution is 2.29. The maximum absolute atomic E-state index is 6.27. The maximum atomic E-state index is 6.27. The van der Waals surface area contributed by atoms with Gasteiger partial charge in [-0.05, 0) is 32.6 Å². The van der Waals surface area contributed by atoms with E-state index in [9.17, 15) is 0 Å². The third kappa shape index (κ3) is 4.51. The SMILES string of the molecule is CCCCCC[C@@H]([C@@H](C)OC1CCCCO1)n1cnc2c(N)ncnc21. The van der Waals surface area contributed by atoms with Crippen LogP contribution < -0.4 is 5.73 Å². The van der Waals surface area contributed by atoms with E-state index in [1.165, 1.54) is 25.6 Å². The molecule has 26 heavy (non-hydrogen) atoms. The van der Waals surface area contributed by atoms with E-state index >= 15 is 0 Å². The predicted octanol–water partition coefficient (Wildman–Crippen LogP) is 3.85. The predicted molar refractivity (Wildman–Crippen MR) is 102 cm³/mol. The summed E-state index contributed by atoms with van der Waals surface area (Å²) in [6, 6.07) is 0.150. The molecule has 1 fully saturated rings. The third-order valence-electron chi connectivity index (χ3n) is 5.14. The lowest BCUT2D eigenvalue weighted by Gasteiger charge is -2.31. The number of aromatic nitrogens is 4. The summed E-state index contributed by atoms with van der Waals surface area (Å²) in [6.45, 7) is 5.14. The number of hydrogen-bond acceptors (Lipinski definition) is 6. The van der Waals surface area contributed by atoms with Crippen LogP contribution in [-0.2, 0) is 9.47 Å². The molecule has 3 heterocycles. The molecule has 2 aromatic heterocycles. The Hall–Kier alpha value is -1.73. The van der Waals surface area contributed by atoms with E-state index in [0.717, 1.165) is 44.4 Å². The zero-order chi connectivity index (χ0) is 18.4. The average molecular weight is 361 g/mol. The van der Waals surface area contributed by atoms with Gasteiger partial charge >= 0.3 is 0 Å². The normalized spacial score (nSPS) is 20.3. The zero-order valence-electron chi connectivity index (χ0n) is 15.9. The fraction of sp³-hybridized carbons (Fsp3) is 0.737. The molecular weight excluding hydrogens is 330 g/mol. The van der Waals surface area contributed by atoms with E-state index in [2.05, 4.69) is 33.4 Å². The minimum absolute atomic E-state index is 0.00770. The van der Waals surface area contributed by atoms with Crippen molar-refractivity contribution in [2.24, 2.45) is 0 Å². The second kappa shape index (κ2) is 9.28. The molecule has 3 atom stereocenters. The van der Waals surface area contributed by atoms with Gasteiger partial charge in [-0.1, -0.05) is 32.6 Å². The first-order valence-electron chi connectivity index (χ1n) is 9.90. The van der Waals surface area contributed by atoms with Crippen molar-refractivity contribution < 1.29 is 9.47 Å². The lowest BCUT2D eigenvalue weighted by atomic mass is 10.0. The van der Waals surface area contributed by atoms with Crippen molar-refractivity contribution in [3.05, 3.63) is 12.7 Å². The molecule has 144 valence electrons. The Labute approximate surface area is 155 Å². The number of nitrogen functional groups attached to an aromatic ring is 1. The van der Waals surface area contributed by atoms with Crippen molar-refractivity contribution in [3.8, 4) is 0 Å². The first-order chi connectivity index (χ1) is 12.7. The highest BCUT2D eigenvalue weighted by molar-refractivity contribution is 5.81. The summed E-state index contributed by atoms with van der Waals surface area (Å²) in [5.74, 6) is 0.419. The van der Waals surface area contributed by atoms with Gasteiger partial charge in [0.1, 0.15) is 11.8 Å². The summed E-state index contributed by atoms with van der Waals surface area (Å²) in [5.41, 5.74) is 7.39. The molecule has 2 aromatic rings. The molecule has 1 unspecified atom stereocenters. The summed E-state index contributed by atoms with van der Waals surface area (Å²) < 4.78 is 14.1. The van der Waals surface area contributed by atoms with Gasteiger partial charge in [0.2, 0.25) is 0 Å². The second-order valence-corrected chi connectivity index (χ2v) is 7.14. The van der Waals surface area contributed by atoms with Crippen LogP contribution in [0.25, 0.3) is 11.2 Å². The number of nitrogens with two attached hydrogens (primary N) is 1. The van der Waals surface area contributed by atoms with E-state index in [1.54, 1.807) is 0 Å². The van der Waals surface area contributed by atoms with Crippen molar-refractivity contribution in [2.75, 3.05) is 12.3 Å². The van der Waals surface area contributed by atoms with Crippen LogP contribution in [-0.4, -0.2) is 38.5 Å². The van der Waals surface area contributed by atoms with Crippen LogP contribution in [0, 0.1) is 0 Å². The monoisotopic (exact) mass is 361 g/mol. The van der Waals surface area contributed by atoms with Crippen molar-refractivity contribution in [2.45, 2.75) is 83.6 Å². The summed E-state index contributed by atoms with van der Waals surface area (Å²) in [7, 11) is 0. The molecule has 1 aliphatic heterocycles. The molecular formula is C19H31N5O2. The third-order valence-corrected chi connectivity index (χ3v) is 5.14. The Bertz CT molecular complexity index is 684. The number of nitrogens with zero attached hydrogens (tertiary/aromatic N) is 4. The quantitative estimate of drug-likeness (QED) is 0.683. The number of ether oxygens (including phenoxy) is 2. The molecule has 0 aromatic carbocycles. The molecule has 7 heteroatoms. The minimum atomic E-state index is -0.105. The van der Waals surface area contributed by atoms with Gasteiger partial charge in [-0.15, -0.1) is 0 Å². The number of rotatable bonds is 9. The second-order valence-electron chi connectivity index (χ2n) is 7.14. The number of unbranched alkanes of at least 4 members (excludes halogenated alkanes) is 3. The first-order valence-corrected chi connectivity index (χ1v) is 9.90. The van der Waals surface area contributed by atoms with Crippen LogP contribution in [0.4, 0.5) is 5.82 Å². The molecule has 2 N–H and O–H groups in total. The van der Waals surface area contributed by atoms with Crippen molar-refractivity contribution in [1.82, 2.24) is 19.5 Å². The Balaban J connectivity index is 1.78. The topological polar surface area (TPSA) is 88.1 Å².